The Bertz CT molecular complexity index is 977. The molecule has 7 heteroatoms. The molecule has 0 atom stereocenters. The van der Waals surface area contributed by atoms with Gasteiger partial charge in [0, 0.05) is 31.5 Å². The smallest absolute Gasteiger partial charge is 0.238 e. The molecule has 3 aromatic rings. The van der Waals surface area contributed by atoms with Gasteiger partial charge >= 0.3 is 0 Å². The molecule has 4 rings (SSSR count). The maximum absolute atomic E-state index is 12.4. The normalized spacial score (nSPS) is 14.5. The molecular formula is C22H27N5O2. The number of imidazole rings is 1. The third kappa shape index (κ3) is 4.58. The van der Waals surface area contributed by atoms with Crippen LogP contribution in [0.1, 0.15) is 5.82 Å². The van der Waals surface area contributed by atoms with Crippen molar-refractivity contribution in [2.45, 2.75) is 6.54 Å². The molecule has 0 radical (unpaired) electrons. The molecular weight excluding hydrogens is 366 g/mol. The highest BCUT2D eigenvalue weighted by Gasteiger charge is 2.14. The predicted molar refractivity (Wildman–Crippen MR) is 115 cm³/mol. The van der Waals surface area contributed by atoms with Crippen LogP contribution in [0, 0.1) is 0 Å². The highest BCUT2D eigenvalue weighted by Crippen LogP contribution is 2.19. The summed E-state index contributed by atoms with van der Waals surface area (Å²) in [4.78, 5) is 21.4. The molecule has 7 nitrogen and oxygen atoms in total. The molecule has 1 fully saturated rings. The van der Waals surface area contributed by atoms with E-state index < -0.39 is 0 Å². The summed E-state index contributed by atoms with van der Waals surface area (Å²) in [5, 5.41) is 2.98. The molecule has 0 aliphatic carbocycles. The van der Waals surface area contributed by atoms with Gasteiger partial charge in [0.2, 0.25) is 5.91 Å². The molecule has 0 spiro atoms. The lowest BCUT2D eigenvalue weighted by molar-refractivity contribution is -0.117. The number of aromatic nitrogens is 2. The number of aryl methyl sites for hydroxylation is 1. The molecule has 0 unspecified atom stereocenters. The van der Waals surface area contributed by atoms with Crippen LogP contribution in [-0.2, 0) is 23.1 Å². The molecule has 152 valence electrons. The Morgan fingerprint density at radius 3 is 2.59 bits per heavy atom. The van der Waals surface area contributed by atoms with E-state index in [4.69, 9.17) is 4.74 Å². The van der Waals surface area contributed by atoms with Crippen LogP contribution in [0.3, 0.4) is 0 Å². The molecule has 1 amide bonds. The van der Waals surface area contributed by atoms with Crippen molar-refractivity contribution in [1.82, 2.24) is 14.5 Å². The van der Waals surface area contributed by atoms with E-state index in [-0.39, 0.29) is 5.91 Å². The van der Waals surface area contributed by atoms with Crippen molar-refractivity contribution in [2.24, 2.45) is 7.05 Å². The summed E-state index contributed by atoms with van der Waals surface area (Å²) in [7, 11) is 3.94. The zero-order chi connectivity index (χ0) is 20.2. The number of morpholine rings is 1. The Kier molecular flexibility index (Phi) is 5.78. The first-order chi connectivity index (χ1) is 14.1. The van der Waals surface area contributed by atoms with E-state index in [2.05, 4.69) is 25.8 Å². The number of benzene rings is 2. The number of hydrogen-bond donors (Lipinski definition) is 1. The van der Waals surface area contributed by atoms with Gasteiger partial charge < -0.3 is 19.5 Å². The van der Waals surface area contributed by atoms with Crippen molar-refractivity contribution in [3.05, 3.63) is 54.4 Å². The lowest BCUT2D eigenvalue weighted by atomic mass is 10.2. The highest BCUT2D eigenvalue weighted by molar-refractivity contribution is 5.92. The number of para-hydroxylation sites is 2. The topological polar surface area (TPSA) is 62.6 Å². The third-order valence-corrected chi connectivity index (χ3v) is 5.23. The first kappa shape index (κ1) is 19.4. The maximum Gasteiger partial charge on any atom is 0.238 e. The van der Waals surface area contributed by atoms with Crippen LogP contribution in [0.2, 0.25) is 0 Å². The summed E-state index contributed by atoms with van der Waals surface area (Å²) in [6.45, 7) is 4.23. The summed E-state index contributed by atoms with van der Waals surface area (Å²) < 4.78 is 7.47. The zero-order valence-corrected chi connectivity index (χ0v) is 17.0. The second kappa shape index (κ2) is 8.63. The van der Waals surface area contributed by atoms with Gasteiger partial charge in [-0.2, -0.15) is 0 Å². The fourth-order valence-electron chi connectivity index (χ4n) is 3.66. The number of nitrogens with zero attached hydrogens (tertiary/aromatic N) is 4. The first-order valence-electron chi connectivity index (χ1n) is 9.91. The van der Waals surface area contributed by atoms with E-state index in [1.165, 1.54) is 0 Å². The molecule has 1 N–H and O–H groups in total. The van der Waals surface area contributed by atoms with Crippen LogP contribution in [0.4, 0.5) is 11.4 Å². The van der Waals surface area contributed by atoms with E-state index in [9.17, 15) is 4.79 Å². The molecule has 2 aromatic carbocycles. The zero-order valence-electron chi connectivity index (χ0n) is 17.0. The molecule has 2 heterocycles. The van der Waals surface area contributed by atoms with Gasteiger partial charge in [-0.3, -0.25) is 9.69 Å². The molecule has 1 aromatic heterocycles. The molecule has 29 heavy (non-hydrogen) atoms. The van der Waals surface area contributed by atoms with Crippen molar-refractivity contribution in [3.63, 3.8) is 0 Å². The average Bonchev–Trinajstić information content (AvgIpc) is 3.04. The van der Waals surface area contributed by atoms with Gasteiger partial charge in [0.05, 0.1) is 37.3 Å². The number of carbonyl (C=O) groups is 1. The van der Waals surface area contributed by atoms with Gasteiger partial charge in [0.25, 0.3) is 0 Å². The lowest BCUT2D eigenvalue weighted by Gasteiger charge is -2.28. The number of rotatable bonds is 6. The van der Waals surface area contributed by atoms with Crippen LogP contribution in [0.5, 0.6) is 0 Å². The van der Waals surface area contributed by atoms with Gasteiger partial charge in [-0.05, 0) is 43.4 Å². The largest absolute Gasteiger partial charge is 0.378 e. The summed E-state index contributed by atoms with van der Waals surface area (Å²) in [5.74, 6) is 0.904. The van der Waals surface area contributed by atoms with Crippen molar-refractivity contribution in [2.75, 3.05) is 50.1 Å². The first-order valence-corrected chi connectivity index (χ1v) is 9.91. The van der Waals surface area contributed by atoms with E-state index in [0.29, 0.717) is 13.1 Å². The fraction of sp³-hybridized carbons (Fsp3) is 0.364. The molecule has 0 saturated carbocycles. The van der Waals surface area contributed by atoms with Crippen molar-refractivity contribution in [1.29, 1.82) is 0 Å². The number of fused-ring (bicyclic) bond motifs is 1. The van der Waals surface area contributed by atoms with Crippen molar-refractivity contribution in [3.8, 4) is 0 Å². The Morgan fingerprint density at radius 1 is 1.14 bits per heavy atom. The number of likely N-dealkylation sites (N-methyl/N-ethyl adjacent to an activating group) is 1. The predicted octanol–water partition coefficient (Wildman–Crippen LogP) is 2.48. The number of hydrogen-bond acceptors (Lipinski definition) is 5. The van der Waals surface area contributed by atoms with E-state index in [0.717, 1.165) is 54.5 Å². The van der Waals surface area contributed by atoms with Crippen LogP contribution < -0.4 is 10.2 Å². The van der Waals surface area contributed by atoms with Crippen LogP contribution in [0.15, 0.2) is 48.5 Å². The van der Waals surface area contributed by atoms with E-state index in [1.807, 2.05) is 61.5 Å². The van der Waals surface area contributed by atoms with E-state index in [1.54, 1.807) is 0 Å². The second-order valence-electron chi connectivity index (χ2n) is 7.44. The second-order valence-corrected chi connectivity index (χ2v) is 7.44. The lowest BCUT2D eigenvalue weighted by Crippen LogP contribution is -2.36. The quantitative estimate of drug-likeness (QED) is 0.697. The van der Waals surface area contributed by atoms with Crippen LogP contribution in [-0.4, -0.2) is 60.3 Å². The fourth-order valence-corrected chi connectivity index (χ4v) is 3.66. The number of nitrogens with one attached hydrogen (secondary N) is 1. The minimum absolute atomic E-state index is 0.0367. The van der Waals surface area contributed by atoms with Gasteiger partial charge in [0.15, 0.2) is 0 Å². The van der Waals surface area contributed by atoms with Crippen molar-refractivity contribution >= 4 is 28.3 Å². The summed E-state index contributed by atoms with van der Waals surface area (Å²) in [5.41, 5.74) is 4.04. The minimum Gasteiger partial charge on any atom is -0.378 e. The average molecular weight is 393 g/mol. The Balaban J connectivity index is 1.32. The SMILES string of the molecule is CN(CC(=O)Nc1ccc(N2CCOCC2)cc1)Cc1nc2ccccc2n1C. The molecule has 1 aliphatic rings. The molecule has 0 bridgehead atoms. The minimum atomic E-state index is -0.0367. The van der Waals surface area contributed by atoms with Gasteiger partial charge in [0.1, 0.15) is 5.82 Å². The third-order valence-electron chi connectivity index (χ3n) is 5.23. The number of carbonyl (C=O) groups excluding carboxylic acids is 1. The summed E-state index contributed by atoms with van der Waals surface area (Å²) >= 11 is 0. The standard InChI is InChI=1S/C22H27N5O2/c1-25(15-21-24-19-5-3-4-6-20(19)26(21)2)16-22(28)23-17-7-9-18(10-8-17)27-11-13-29-14-12-27/h3-10H,11-16H2,1-2H3,(H,23,28). The number of ether oxygens (including phenoxy) is 1. The van der Waals surface area contributed by atoms with Gasteiger partial charge in [-0.25, -0.2) is 4.98 Å². The van der Waals surface area contributed by atoms with Crippen LogP contribution in [0.25, 0.3) is 11.0 Å². The number of amides is 1. The Labute approximate surface area is 170 Å². The van der Waals surface area contributed by atoms with Gasteiger partial charge in [-0.15, -0.1) is 0 Å². The summed E-state index contributed by atoms with van der Waals surface area (Å²) in [6.07, 6.45) is 0. The summed E-state index contributed by atoms with van der Waals surface area (Å²) in [6, 6.07) is 16.1. The van der Waals surface area contributed by atoms with Gasteiger partial charge in [-0.1, -0.05) is 12.1 Å². The number of anilines is 2. The maximum atomic E-state index is 12.4. The van der Waals surface area contributed by atoms with Crippen LogP contribution >= 0.6 is 0 Å². The van der Waals surface area contributed by atoms with Crippen molar-refractivity contribution < 1.29 is 9.53 Å². The monoisotopic (exact) mass is 393 g/mol. The van der Waals surface area contributed by atoms with E-state index >= 15 is 0 Å². The Hall–Kier alpha value is -2.90. The highest BCUT2D eigenvalue weighted by atomic mass is 16.5. The Morgan fingerprint density at radius 2 is 1.86 bits per heavy atom. The molecule has 1 saturated heterocycles. The molecule has 1 aliphatic heterocycles.